The molecule has 1 aliphatic rings. The van der Waals surface area contributed by atoms with Crippen LogP contribution in [-0.2, 0) is 16.1 Å². The van der Waals surface area contributed by atoms with Crippen molar-refractivity contribution < 1.29 is 9.59 Å². The molecule has 1 fully saturated rings. The number of para-hydroxylation sites is 1. The molecule has 0 N–H and O–H groups in total. The summed E-state index contributed by atoms with van der Waals surface area (Å²) >= 11 is 5.18. The van der Waals surface area contributed by atoms with Gasteiger partial charge in [0.05, 0.1) is 0 Å². The Kier molecular flexibility index (Phi) is 4.80. The number of hydrogen-bond acceptors (Lipinski definition) is 3. The minimum atomic E-state index is -0.377. The van der Waals surface area contributed by atoms with E-state index in [0.29, 0.717) is 6.54 Å². The molecule has 1 saturated heterocycles. The summed E-state index contributed by atoms with van der Waals surface area (Å²) in [4.78, 5) is 28.2. The van der Waals surface area contributed by atoms with E-state index in [0.717, 1.165) is 22.2 Å². The molecule has 5 nitrogen and oxygen atoms in total. The molecule has 0 aliphatic carbocycles. The van der Waals surface area contributed by atoms with Crippen molar-refractivity contribution in [1.29, 1.82) is 0 Å². The van der Waals surface area contributed by atoms with E-state index < -0.39 is 0 Å². The monoisotopic (exact) mass is 403 g/mol. The third-order valence-electron chi connectivity index (χ3n) is 5.40. The highest BCUT2D eigenvalue weighted by atomic mass is 32.1. The maximum Gasteiger partial charge on any atom is 0.265 e. The second kappa shape index (κ2) is 7.29. The first-order chi connectivity index (χ1) is 13.9. The average Bonchev–Trinajstić information content (AvgIpc) is 3.00. The van der Waals surface area contributed by atoms with Crippen LogP contribution in [0.25, 0.3) is 17.0 Å². The number of likely N-dealkylation sites (N-methyl/N-ethyl adjacent to an activating group) is 2. The third-order valence-corrected chi connectivity index (χ3v) is 5.94. The lowest BCUT2D eigenvalue weighted by atomic mass is 10.0. The maximum atomic E-state index is 12.8. The van der Waals surface area contributed by atoms with Crippen LogP contribution in [0.2, 0.25) is 0 Å². The van der Waals surface area contributed by atoms with Crippen LogP contribution in [0, 0.1) is 6.92 Å². The van der Waals surface area contributed by atoms with Gasteiger partial charge in [-0.05, 0) is 36.8 Å². The minimum absolute atomic E-state index is 0.120. The first-order valence-corrected chi connectivity index (χ1v) is 9.74. The lowest BCUT2D eigenvalue weighted by molar-refractivity contribution is -0.132. The predicted molar refractivity (Wildman–Crippen MR) is 118 cm³/mol. The molecule has 2 heterocycles. The van der Waals surface area contributed by atoms with Crippen molar-refractivity contribution in [3.63, 3.8) is 0 Å². The summed E-state index contributed by atoms with van der Waals surface area (Å²) in [5, 5.41) is 1.22. The Labute approximate surface area is 174 Å². The van der Waals surface area contributed by atoms with Gasteiger partial charge in [-0.2, -0.15) is 0 Å². The van der Waals surface area contributed by atoms with Gasteiger partial charge in [0.1, 0.15) is 5.57 Å². The topological polar surface area (TPSA) is 45.6 Å². The summed E-state index contributed by atoms with van der Waals surface area (Å²) in [6.45, 7) is 2.73. The Hall–Kier alpha value is -3.25. The summed E-state index contributed by atoms with van der Waals surface area (Å²) in [6.07, 6.45) is 1.71. The van der Waals surface area contributed by atoms with Crippen molar-refractivity contribution in [2.45, 2.75) is 13.5 Å². The van der Waals surface area contributed by atoms with Gasteiger partial charge in [-0.3, -0.25) is 19.4 Å². The molecular weight excluding hydrogens is 382 g/mol. The van der Waals surface area contributed by atoms with Crippen LogP contribution in [0.3, 0.4) is 0 Å². The van der Waals surface area contributed by atoms with Gasteiger partial charge in [-0.1, -0.05) is 48.5 Å². The molecule has 3 aromatic rings. The molecule has 2 amide bonds. The average molecular weight is 404 g/mol. The largest absolute Gasteiger partial charge is 0.340 e. The van der Waals surface area contributed by atoms with Crippen LogP contribution in [0.15, 0.2) is 60.2 Å². The van der Waals surface area contributed by atoms with Gasteiger partial charge >= 0.3 is 0 Å². The second-order valence-electron chi connectivity index (χ2n) is 7.16. The van der Waals surface area contributed by atoms with Crippen molar-refractivity contribution in [2.24, 2.45) is 0 Å². The zero-order chi connectivity index (χ0) is 20.7. The summed E-state index contributed by atoms with van der Waals surface area (Å²) in [6, 6.07) is 18.3. The molecule has 0 saturated carbocycles. The highest BCUT2D eigenvalue weighted by Gasteiger charge is 2.35. The number of aromatic nitrogens is 1. The zero-order valence-corrected chi connectivity index (χ0v) is 17.4. The predicted octanol–water partition coefficient (Wildman–Crippen LogP) is 3.60. The number of hydrogen-bond donors (Lipinski definition) is 0. The Morgan fingerprint density at radius 2 is 1.48 bits per heavy atom. The van der Waals surface area contributed by atoms with E-state index in [1.165, 1.54) is 15.4 Å². The highest BCUT2D eigenvalue weighted by molar-refractivity contribution is 7.80. The summed E-state index contributed by atoms with van der Waals surface area (Å²) in [7, 11) is 3.18. The lowest BCUT2D eigenvalue weighted by Gasteiger charge is -2.31. The van der Waals surface area contributed by atoms with Crippen LogP contribution >= 0.6 is 12.2 Å². The summed E-state index contributed by atoms with van der Waals surface area (Å²) in [5.74, 6) is -0.755. The molecule has 146 valence electrons. The number of benzene rings is 2. The van der Waals surface area contributed by atoms with Gasteiger partial charge in [0.2, 0.25) is 0 Å². The van der Waals surface area contributed by atoms with Crippen molar-refractivity contribution in [3.8, 4) is 0 Å². The molecule has 4 rings (SSSR count). The Morgan fingerprint density at radius 3 is 2.14 bits per heavy atom. The van der Waals surface area contributed by atoms with Gasteiger partial charge in [0.25, 0.3) is 11.8 Å². The highest BCUT2D eigenvalue weighted by Crippen LogP contribution is 2.30. The molecule has 1 aromatic heterocycles. The lowest BCUT2D eigenvalue weighted by Crippen LogP contribution is -2.52. The number of rotatable bonds is 3. The standard InChI is InChI=1S/C23H21N3O2S/c1-15-18(13-19-21(27)24(2)23(29)25(3)22(19)28)17-11-7-8-12-20(17)26(15)14-16-9-5-4-6-10-16/h4-13H,14H2,1-3H3. The Balaban J connectivity index is 1.88. The van der Waals surface area contributed by atoms with Gasteiger partial charge in [-0.15, -0.1) is 0 Å². The molecule has 1 aliphatic heterocycles. The number of nitrogens with zero attached hydrogens (tertiary/aromatic N) is 3. The Bertz CT molecular complexity index is 1150. The van der Waals surface area contributed by atoms with Gasteiger partial charge in [0.15, 0.2) is 5.11 Å². The second-order valence-corrected chi connectivity index (χ2v) is 7.52. The van der Waals surface area contributed by atoms with E-state index in [9.17, 15) is 9.59 Å². The van der Waals surface area contributed by atoms with Gasteiger partial charge in [0, 0.05) is 42.8 Å². The number of amides is 2. The van der Waals surface area contributed by atoms with Crippen LogP contribution in [0.1, 0.15) is 16.8 Å². The molecular formula is C23H21N3O2S. The molecule has 29 heavy (non-hydrogen) atoms. The smallest absolute Gasteiger partial charge is 0.265 e. The number of carbonyl (C=O) groups excluding carboxylic acids is 2. The van der Waals surface area contributed by atoms with E-state index in [1.54, 1.807) is 20.2 Å². The van der Waals surface area contributed by atoms with E-state index in [4.69, 9.17) is 12.2 Å². The molecule has 0 unspecified atom stereocenters. The van der Waals surface area contributed by atoms with Crippen molar-refractivity contribution in [3.05, 3.63) is 77.0 Å². The molecule has 0 spiro atoms. The SMILES string of the molecule is Cc1c(C=C2C(=O)N(C)C(=S)N(C)C2=O)c2ccccc2n1Cc1ccccc1. The minimum Gasteiger partial charge on any atom is -0.340 e. The van der Waals surface area contributed by atoms with Crippen molar-refractivity contribution in [1.82, 2.24) is 14.4 Å². The Morgan fingerprint density at radius 1 is 0.897 bits per heavy atom. The van der Waals surface area contributed by atoms with E-state index >= 15 is 0 Å². The van der Waals surface area contributed by atoms with E-state index in [1.807, 2.05) is 43.3 Å². The fraction of sp³-hybridized carbons (Fsp3) is 0.174. The van der Waals surface area contributed by atoms with Crippen LogP contribution in [0.5, 0.6) is 0 Å². The first kappa shape index (κ1) is 19.1. The quantitative estimate of drug-likeness (QED) is 0.381. The summed E-state index contributed by atoms with van der Waals surface area (Å²) < 4.78 is 2.22. The van der Waals surface area contributed by atoms with Crippen molar-refractivity contribution in [2.75, 3.05) is 14.1 Å². The molecule has 2 aromatic carbocycles. The van der Waals surface area contributed by atoms with E-state index in [-0.39, 0.29) is 22.5 Å². The maximum absolute atomic E-state index is 12.8. The number of carbonyl (C=O) groups is 2. The third kappa shape index (κ3) is 3.15. The molecule has 0 atom stereocenters. The zero-order valence-electron chi connectivity index (χ0n) is 16.5. The van der Waals surface area contributed by atoms with Gasteiger partial charge in [-0.25, -0.2) is 0 Å². The van der Waals surface area contributed by atoms with E-state index in [2.05, 4.69) is 22.8 Å². The normalized spacial score (nSPS) is 14.9. The molecule has 0 radical (unpaired) electrons. The van der Waals surface area contributed by atoms with Crippen LogP contribution < -0.4 is 0 Å². The first-order valence-electron chi connectivity index (χ1n) is 9.33. The number of thiocarbonyl (C=S) groups is 1. The molecule has 0 bridgehead atoms. The van der Waals surface area contributed by atoms with Gasteiger partial charge < -0.3 is 4.57 Å². The molecule has 6 heteroatoms. The van der Waals surface area contributed by atoms with Crippen molar-refractivity contribution >= 4 is 46.1 Å². The van der Waals surface area contributed by atoms with Crippen LogP contribution in [-0.4, -0.2) is 45.4 Å². The fourth-order valence-corrected chi connectivity index (χ4v) is 3.89. The summed E-state index contributed by atoms with van der Waals surface area (Å²) in [5.41, 5.74) is 4.25. The fourth-order valence-electron chi connectivity index (χ4n) is 3.73. The van der Waals surface area contributed by atoms with Crippen LogP contribution in [0.4, 0.5) is 0 Å². The number of fused-ring (bicyclic) bond motifs is 1.